The maximum atomic E-state index is 10.6. The summed E-state index contributed by atoms with van der Waals surface area (Å²) in [5.41, 5.74) is 0. The largest absolute Gasteiger partial charge is 0.345 e. The molecule has 0 radical (unpaired) electrons. The first kappa shape index (κ1) is 13.6. The molecule has 3 heterocycles. The lowest BCUT2D eigenvalue weighted by atomic mass is 10.4. The molecule has 0 saturated heterocycles. The molecule has 0 bridgehead atoms. The monoisotopic (exact) mass is 341 g/mol. The molecule has 0 N–H and O–H groups in total. The summed E-state index contributed by atoms with van der Waals surface area (Å²) in [5, 5.41) is 11.0. The highest BCUT2D eigenvalue weighted by Gasteiger charge is 2.11. The molecule has 5 nitrogen and oxygen atoms in total. The van der Waals surface area contributed by atoms with Gasteiger partial charge in [-0.05, 0) is 36.5 Å². The van der Waals surface area contributed by atoms with E-state index < -0.39 is 4.92 Å². The standard InChI is InChI=1S/C11H7N3O2S4/c1-6-2-3-7(17-6)8-4-9(20-19-8)13-11-12-5-10(18-11)14(15)16/h2-5H,1H3/b13-9+. The number of aryl methyl sites for hydroxylation is 1. The van der Waals surface area contributed by atoms with Crippen LogP contribution < -0.4 is 4.67 Å². The van der Waals surface area contributed by atoms with E-state index in [1.54, 1.807) is 32.0 Å². The average molecular weight is 341 g/mol. The second-order valence-corrected chi connectivity index (χ2v) is 8.24. The maximum Gasteiger partial charge on any atom is 0.345 e. The fourth-order valence-electron chi connectivity index (χ4n) is 1.46. The van der Waals surface area contributed by atoms with Gasteiger partial charge in [0, 0.05) is 9.75 Å². The number of thiophene rings is 1. The molecule has 0 atom stereocenters. The molecular weight excluding hydrogens is 334 g/mol. The minimum atomic E-state index is -0.451. The van der Waals surface area contributed by atoms with Gasteiger partial charge in [-0.25, -0.2) is 9.98 Å². The zero-order valence-corrected chi connectivity index (χ0v) is 13.4. The number of nitrogens with zero attached hydrogens (tertiary/aromatic N) is 3. The van der Waals surface area contributed by atoms with Gasteiger partial charge in [-0.2, -0.15) is 0 Å². The molecule has 0 aliphatic rings. The van der Waals surface area contributed by atoms with Crippen LogP contribution >= 0.6 is 43.4 Å². The van der Waals surface area contributed by atoms with Crippen LogP contribution in [0.15, 0.2) is 29.4 Å². The third-order valence-electron chi connectivity index (χ3n) is 2.32. The minimum absolute atomic E-state index is 0.0121. The lowest BCUT2D eigenvalue weighted by molar-refractivity contribution is -0.380. The Kier molecular flexibility index (Phi) is 3.74. The van der Waals surface area contributed by atoms with Crippen LogP contribution in [0.25, 0.3) is 9.75 Å². The molecular formula is C11H7N3O2S4. The Bertz CT molecular complexity index is 826. The Morgan fingerprint density at radius 1 is 1.25 bits per heavy atom. The highest BCUT2D eigenvalue weighted by Crippen LogP contribution is 2.32. The van der Waals surface area contributed by atoms with Crippen LogP contribution in [0.4, 0.5) is 10.1 Å². The second-order valence-electron chi connectivity index (χ2n) is 3.77. The van der Waals surface area contributed by atoms with E-state index in [9.17, 15) is 10.1 Å². The zero-order valence-electron chi connectivity index (χ0n) is 10.1. The molecule has 0 aromatic carbocycles. The average Bonchev–Trinajstić information content (AvgIpc) is 3.09. The topological polar surface area (TPSA) is 68.4 Å². The number of thiazole rings is 1. The Balaban J connectivity index is 1.92. The summed E-state index contributed by atoms with van der Waals surface area (Å²) in [6.45, 7) is 2.07. The van der Waals surface area contributed by atoms with Gasteiger partial charge in [0.05, 0.1) is 9.80 Å². The number of hydrogen-bond acceptors (Lipinski definition) is 8. The lowest BCUT2D eigenvalue weighted by Crippen LogP contribution is -1.87. The van der Waals surface area contributed by atoms with Crippen LogP contribution in [0.1, 0.15) is 4.88 Å². The number of hydrogen-bond donors (Lipinski definition) is 0. The second kappa shape index (κ2) is 5.52. The minimum Gasteiger partial charge on any atom is -0.257 e. The van der Waals surface area contributed by atoms with Gasteiger partial charge < -0.3 is 0 Å². The van der Waals surface area contributed by atoms with E-state index in [0.29, 0.717) is 5.13 Å². The van der Waals surface area contributed by atoms with Crippen LogP contribution in [0, 0.1) is 17.0 Å². The van der Waals surface area contributed by atoms with Gasteiger partial charge in [0.15, 0.2) is 0 Å². The quantitative estimate of drug-likeness (QED) is 0.402. The van der Waals surface area contributed by atoms with Crippen LogP contribution in [-0.4, -0.2) is 9.91 Å². The van der Waals surface area contributed by atoms with Crippen molar-refractivity contribution < 1.29 is 4.92 Å². The fraction of sp³-hybridized carbons (Fsp3) is 0.0909. The fourth-order valence-corrected chi connectivity index (χ4v) is 5.37. The van der Waals surface area contributed by atoms with Crippen molar-refractivity contribution in [3.05, 3.63) is 44.1 Å². The summed E-state index contributed by atoms with van der Waals surface area (Å²) in [5.74, 6) is 0. The molecule has 0 unspecified atom stereocenters. The summed E-state index contributed by atoms with van der Waals surface area (Å²) in [7, 11) is 3.19. The molecule has 3 aromatic heterocycles. The van der Waals surface area contributed by atoms with Gasteiger partial charge in [-0.3, -0.25) is 10.1 Å². The van der Waals surface area contributed by atoms with Gasteiger partial charge in [0.1, 0.15) is 10.9 Å². The predicted molar refractivity (Wildman–Crippen MR) is 84.2 cm³/mol. The van der Waals surface area contributed by atoms with Crippen molar-refractivity contribution in [1.29, 1.82) is 0 Å². The van der Waals surface area contributed by atoms with Crippen LogP contribution in [-0.2, 0) is 0 Å². The smallest absolute Gasteiger partial charge is 0.257 e. The first-order valence-corrected chi connectivity index (χ1v) is 9.22. The lowest BCUT2D eigenvalue weighted by Gasteiger charge is -1.85. The van der Waals surface area contributed by atoms with E-state index in [-0.39, 0.29) is 5.00 Å². The highest BCUT2D eigenvalue weighted by atomic mass is 32.9. The Morgan fingerprint density at radius 2 is 2.10 bits per heavy atom. The van der Waals surface area contributed by atoms with Crippen LogP contribution in [0.3, 0.4) is 0 Å². The normalized spacial score (nSPS) is 11.9. The number of aromatic nitrogens is 1. The SMILES string of the molecule is Cc1ccc(-c2c/c(=N\c3ncc([N+](=O)[O-])s3)ss2)s1. The third kappa shape index (κ3) is 2.85. The maximum absolute atomic E-state index is 10.6. The zero-order chi connectivity index (χ0) is 14.1. The van der Waals surface area contributed by atoms with Gasteiger partial charge in [0.2, 0.25) is 5.13 Å². The van der Waals surface area contributed by atoms with Crippen molar-refractivity contribution in [1.82, 2.24) is 4.98 Å². The highest BCUT2D eigenvalue weighted by molar-refractivity contribution is 7.70. The third-order valence-corrected chi connectivity index (χ3v) is 6.61. The molecule has 0 spiro atoms. The molecule has 0 amide bonds. The molecule has 0 aliphatic heterocycles. The van der Waals surface area contributed by atoms with Crippen LogP contribution in [0.5, 0.6) is 0 Å². The van der Waals surface area contributed by atoms with Gasteiger partial charge in [0.25, 0.3) is 0 Å². The van der Waals surface area contributed by atoms with Crippen molar-refractivity contribution >= 4 is 53.5 Å². The first-order chi connectivity index (χ1) is 9.61. The number of nitro groups is 1. The Labute approximate surface area is 129 Å². The van der Waals surface area contributed by atoms with E-state index in [1.807, 2.05) is 6.07 Å². The van der Waals surface area contributed by atoms with Crippen molar-refractivity contribution in [2.75, 3.05) is 0 Å². The molecule has 0 aliphatic carbocycles. The van der Waals surface area contributed by atoms with E-state index in [0.717, 1.165) is 20.9 Å². The van der Waals surface area contributed by atoms with Crippen molar-refractivity contribution in [3.8, 4) is 9.75 Å². The molecule has 102 valence electrons. The van der Waals surface area contributed by atoms with Crippen molar-refractivity contribution in [3.63, 3.8) is 0 Å². The predicted octanol–water partition coefficient (Wildman–Crippen LogP) is 4.44. The number of rotatable bonds is 3. The van der Waals surface area contributed by atoms with Gasteiger partial charge >= 0.3 is 5.00 Å². The summed E-state index contributed by atoms with van der Waals surface area (Å²) in [4.78, 5) is 22.1. The molecule has 3 rings (SSSR count). The molecule has 9 heteroatoms. The van der Waals surface area contributed by atoms with Gasteiger partial charge in [-0.15, -0.1) is 11.3 Å². The molecule has 0 fully saturated rings. The molecule has 20 heavy (non-hydrogen) atoms. The molecule has 3 aromatic rings. The van der Waals surface area contributed by atoms with E-state index in [1.165, 1.54) is 16.0 Å². The van der Waals surface area contributed by atoms with Crippen LogP contribution in [0.2, 0.25) is 0 Å². The summed E-state index contributed by atoms with van der Waals surface area (Å²) in [6, 6.07) is 6.18. The van der Waals surface area contributed by atoms with E-state index >= 15 is 0 Å². The van der Waals surface area contributed by atoms with Crippen molar-refractivity contribution in [2.24, 2.45) is 4.99 Å². The first-order valence-electron chi connectivity index (χ1n) is 5.44. The summed E-state index contributed by atoms with van der Waals surface area (Å²) >= 11 is 2.72. The summed E-state index contributed by atoms with van der Waals surface area (Å²) < 4.78 is 0.820. The summed E-state index contributed by atoms with van der Waals surface area (Å²) in [6.07, 6.45) is 1.24. The van der Waals surface area contributed by atoms with Crippen molar-refractivity contribution in [2.45, 2.75) is 6.92 Å². The molecule has 0 saturated carbocycles. The Morgan fingerprint density at radius 3 is 2.75 bits per heavy atom. The van der Waals surface area contributed by atoms with Gasteiger partial charge in [-0.1, -0.05) is 20.7 Å². The Hall–Kier alpha value is -1.42. The van der Waals surface area contributed by atoms with E-state index in [4.69, 9.17) is 0 Å². The van der Waals surface area contributed by atoms with E-state index in [2.05, 4.69) is 29.0 Å².